The van der Waals surface area contributed by atoms with Gasteiger partial charge in [-0.2, -0.15) is 0 Å². The molecule has 5 heteroatoms. The monoisotopic (exact) mass is 360 g/mol. The minimum Gasteiger partial charge on any atom is -0.488 e. The zero-order chi connectivity index (χ0) is 19.5. The van der Waals surface area contributed by atoms with E-state index in [4.69, 9.17) is 9.47 Å². The van der Waals surface area contributed by atoms with Gasteiger partial charge in [0.15, 0.2) is 11.6 Å². The van der Waals surface area contributed by atoms with E-state index in [0.717, 1.165) is 22.2 Å². The number of nitrogens with zero attached hydrogens (tertiary/aromatic N) is 1. The second-order valence-corrected chi connectivity index (χ2v) is 7.69. The summed E-state index contributed by atoms with van der Waals surface area (Å²) in [5.41, 5.74) is 3.18. The van der Waals surface area contributed by atoms with Crippen molar-refractivity contribution in [1.29, 1.82) is 0 Å². The molecule has 0 radical (unpaired) electrons. The van der Waals surface area contributed by atoms with Crippen molar-refractivity contribution in [3.05, 3.63) is 47.3 Å². The number of aromatic nitrogens is 1. The number of H-pyrrole nitrogens is 1. The Labute approximate surface area is 155 Å². The number of aromatic amines is 1. The highest BCUT2D eigenvalue weighted by molar-refractivity contribution is 5.66. The topological polar surface area (TPSA) is 46.6 Å². The largest absolute Gasteiger partial charge is 0.488 e. The Balaban J connectivity index is 2.28. The van der Waals surface area contributed by atoms with Crippen molar-refractivity contribution in [1.82, 2.24) is 4.98 Å². The van der Waals surface area contributed by atoms with E-state index in [1.54, 1.807) is 6.07 Å². The van der Waals surface area contributed by atoms with Gasteiger partial charge in [0.05, 0.1) is 11.7 Å². The molecule has 1 unspecified atom stereocenters. The van der Waals surface area contributed by atoms with Crippen LogP contribution >= 0.6 is 0 Å². The van der Waals surface area contributed by atoms with Crippen molar-refractivity contribution in [2.75, 3.05) is 0 Å². The van der Waals surface area contributed by atoms with Gasteiger partial charge in [-0.05, 0) is 77.8 Å². The summed E-state index contributed by atoms with van der Waals surface area (Å²) in [6.45, 7) is 13.6. The van der Waals surface area contributed by atoms with Crippen LogP contribution in [0.25, 0.3) is 11.1 Å². The minimum absolute atomic E-state index is 0.0661. The first-order chi connectivity index (χ1) is 12.0. The third-order valence-electron chi connectivity index (χ3n) is 3.59. The predicted molar refractivity (Wildman–Crippen MR) is 103 cm³/mol. The van der Waals surface area contributed by atoms with Gasteiger partial charge in [0.1, 0.15) is 11.7 Å². The van der Waals surface area contributed by atoms with Gasteiger partial charge in [0.25, 0.3) is 0 Å². The maximum Gasteiger partial charge on any atom is 0.165 e. The molecule has 4 nitrogen and oxygen atoms in total. The molecule has 1 aromatic carbocycles. The van der Waals surface area contributed by atoms with Crippen LogP contribution in [-0.4, -0.2) is 22.9 Å². The Morgan fingerprint density at radius 1 is 1.12 bits per heavy atom. The van der Waals surface area contributed by atoms with Crippen molar-refractivity contribution in [2.45, 2.75) is 66.4 Å². The fraction of sp³-hybridized carbons (Fsp3) is 0.476. The van der Waals surface area contributed by atoms with Crippen LogP contribution in [0, 0.1) is 12.7 Å². The minimum atomic E-state index is -0.364. The molecule has 0 aliphatic heterocycles. The van der Waals surface area contributed by atoms with Crippen LogP contribution < -0.4 is 10.2 Å². The predicted octanol–water partition coefficient (Wildman–Crippen LogP) is 4.98. The Hall–Kier alpha value is -2.14. The van der Waals surface area contributed by atoms with Gasteiger partial charge in [0.2, 0.25) is 0 Å². The van der Waals surface area contributed by atoms with Gasteiger partial charge < -0.3 is 14.5 Å². The number of ether oxygens (including phenoxy) is 2. The first-order valence-electron chi connectivity index (χ1n) is 8.93. The molecule has 1 heterocycles. The summed E-state index contributed by atoms with van der Waals surface area (Å²) in [5, 5.41) is 0. The molecule has 0 saturated heterocycles. The van der Waals surface area contributed by atoms with E-state index in [-0.39, 0.29) is 29.5 Å². The second kappa shape index (κ2) is 8.04. The third kappa shape index (κ3) is 5.70. The normalized spacial score (nSPS) is 14.0. The quantitative estimate of drug-likeness (QED) is 0.817. The molecule has 0 fully saturated rings. The molecule has 0 aliphatic rings. The van der Waals surface area contributed by atoms with Crippen LogP contribution in [0.3, 0.4) is 0 Å². The molecule has 0 amide bonds. The summed E-state index contributed by atoms with van der Waals surface area (Å²) in [7, 11) is 0. The van der Waals surface area contributed by atoms with E-state index in [1.807, 2.05) is 66.8 Å². The fourth-order valence-electron chi connectivity index (χ4n) is 2.72. The Morgan fingerprint density at radius 2 is 1.81 bits per heavy atom. The molecule has 1 atom stereocenters. The van der Waals surface area contributed by atoms with E-state index in [1.165, 1.54) is 6.07 Å². The molecule has 0 spiro atoms. The number of hydrogen-bond donors (Lipinski definition) is 1. The Morgan fingerprint density at radius 3 is 2.35 bits per heavy atom. The molecule has 0 bridgehead atoms. The number of halogens is 1. The van der Waals surface area contributed by atoms with Crippen LogP contribution in [0.1, 0.15) is 47.1 Å². The average molecular weight is 360 g/mol. The standard InChI is InChI=1S/C21H29FN2O2/c1-13(2)25-19-9-8-16(11-18(19)22)17-12-23-20(10-14(17)3)24-15(4)26-21(5,6)7/h8-13,15H,1-7H3,(H,23,24). The molecule has 0 saturated carbocycles. The Kier molecular flexibility index (Phi) is 6.24. The highest BCUT2D eigenvalue weighted by Crippen LogP contribution is 2.27. The van der Waals surface area contributed by atoms with Crippen LogP contribution in [0.2, 0.25) is 0 Å². The maximum atomic E-state index is 14.3. The smallest absolute Gasteiger partial charge is 0.165 e. The van der Waals surface area contributed by atoms with Gasteiger partial charge in [-0.15, -0.1) is 0 Å². The fourth-order valence-corrected chi connectivity index (χ4v) is 2.72. The van der Waals surface area contributed by atoms with Crippen LogP contribution in [0.5, 0.6) is 5.75 Å². The Bertz CT molecular complexity index is 819. The average Bonchev–Trinajstić information content (AvgIpc) is 2.47. The lowest BCUT2D eigenvalue weighted by molar-refractivity contribution is -0.0485. The summed E-state index contributed by atoms with van der Waals surface area (Å²) in [6, 6.07) is 6.96. The molecule has 26 heavy (non-hydrogen) atoms. The third-order valence-corrected chi connectivity index (χ3v) is 3.59. The van der Waals surface area contributed by atoms with E-state index in [9.17, 15) is 4.39 Å². The highest BCUT2D eigenvalue weighted by atomic mass is 19.1. The van der Waals surface area contributed by atoms with E-state index in [0.29, 0.717) is 0 Å². The van der Waals surface area contributed by atoms with Crippen LogP contribution in [-0.2, 0) is 4.74 Å². The number of nitrogens with one attached hydrogen (secondary N) is 1. The van der Waals surface area contributed by atoms with E-state index in [2.05, 4.69) is 9.98 Å². The summed E-state index contributed by atoms with van der Waals surface area (Å²) >= 11 is 0. The zero-order valence-electron chi connectivity index (χ0n) is 16.7. The number of aryl methyl sites for hydroxylation is 1. The molecular formula is C21H29FN2O2. The van der Waals surface area contributed by atoms with Crippen molar-refractivity contribution in [3.8, 4) is 16.9 Å². The molecular weight excluding hydrogens is 331 g/mol. The van der Waals surface area contributed by atoms with Crippen LogP contribution in [0.15, 0.2) is 35.5 Å². The number of pyridine rings is 1. The molecule has 1 aromatic heterocycles. The van der Waals surface area contributed by atoms with Crippen LogP contribution in [0.4, 0.5) is 4.39 Å². The summed E-state index contributed by atoms with van der Waals surface area (Å²) in [4.78, 5) is 7.69. The number of hydrogen-bond acceptors (Lipinski definition) is 3. The molecule has 2 rings (SSSR count). The van der Waals surface area contributed by atoms with Gasteiger partial charge >= 0.3 is 0 Å². The molecule has 0 aliphatic carbocycles. The number of rotatable bonds is 5. The SMILES string of the molecule is Cc1c/c(=N/C(C)OC(C)(C)C)[nH]cc1-c1ccc(OC(C)C)c(F)c1. The van der Waals surface area contributed by atoms with Gasteiger partial charge in [0, 0.05) is 11.8 Å². The zero-order valence-corrected chi connectivity index (χ0v) is 16.7. The lowest BCUT2D eigenvalue weighted by Crippen LogP contribution is -2.26. The summed E-state index contributed by atoms with van der Waals surface area (Å²) in [5.74, 6) is -0.0956. The molecule has 1 N–H and O–H groups in total. The molecule has 2 aromatic rings. The summed E-state index contributed by atoms with van der Waals surface area (Å²) in [6.07, 6.45) is 1.51. The first kappa shape index (κ1) is 20.2. The van der Waals surface area contributed by atoms with Gasteiger partial charge in [-0.1, -0.05) is 6.07 Å². The van der Waals surface area contributed by atoms with Crippen molar-refractivity contribution in [3.63, 3.8) is 0 Å². The lowest BCUT2D eigenvalue weighted by Gasteiger charge is -2.22. The van der Waals surface area contributed by atoms with Crippen molar-refractivity contribution < 1.29 is 13.9 Å². The van der Waals surface area contributed by atoms with E-state index >= 15 is 0 Å². The number of benzene rings is 1. The van der Waals surface area contributed by atoms with Crippen molar-refractivity contribution in [2.24, 2.45) is 4.99 Å². The van der Waals surface area contributed by atoms with Gasteiger partial charge in [-0.3, -0.25) is 0 Å². The summed E-state index contributed by atoms with van der Waals surface area (Å²) < 4.78 is 25.5. The molecule has 142 valence electrons. The first-order valence-corrected chi connectivity index (χ1v) is 8.93. The second-order valence-electron chi connectivity index (χ2n) is 7.69. The van der Waals surface area contributed by atoms with E-state index < -0.39 is 0 Å². The lowest BCUT2D eigenvalue weighted by atomic mass is 10.0. The van der Waals surface area contributed by atoms with Crippen molar-refractivity contribution >= 4 is 0 Å². The highest BCUT2D eigenvalue weighted by Gasteiger charge is 2.14. The van der Waals surface area contributed by atoms with Gasteiger partial charge in [-0.25, -0.2) is 9.38 Å². The maximum absolute atomic E-state index is 14.3.